The summed E-state index contributed by atoms with van der Waals surface area (Å²) >= 11 is 0. The topological polar surface area (TPSA) is 78.3 Å². The van der Waals surface area contributed by atoms with Gasteiger partial charge in [-0.05, 0) is 44.4 Å². The van der Waals surface area contributed by atoms with Crippen molar-refractivity contribution in [2.45, 2.75) is 39.2 Å². The van der Waals surface area contributed by atoms with E-state index in [9.17, 15) is 5.11 Å². The van der Waals surface area contributed by atoms with E-state index >= 15 is 0 Å². The molecule has 1 unspecified atom stereocenters. The first-order chi connectivity index (χ1) is 14.0. The van der Waals surface area contributed by atoms with Crippen molar-refractivity contribution >= 4 is 5.96 Å². The van der Waals surface area contributed by atoms with Crippen LogP contribution in [0, 0.1) is 0 Å². The molecule has 164 valence electrons. The second-order valence-electron chi connectivity index (χ2n) is 7.75. The summed E-state index contributed by atoms with van der Waals surface area (Å²) in [5, 5.41) is 17.3. The summed E-state index contributed by atoms with van der Waals surface area (Å²) in [5.74, 6) is 1.65. The van der Waals surface area contributed by atoms with Gasteiger partial charge in [-0.3, -0.25) is 9.89 Å². The van der Waals surface area contributed by atoms with Crippen molar-refractivity contribution in [2.24, 2.45) is 4.99 Å². The van der Waals surface area contributed by atoms with E-state index < -0.39 is 5.60 Å². The molecule has 1 atom stereocenters. The first-order valence-electron chi connectivity index (χ1n) is 10.8. The fourth-order valence-electron chi connectivity index (χ4n) is 3.22. The van der Waals surface area contributed by atoms with Gasteiger partial charge in [-0.1, -0.05) is 19.1 Å². The van der Waals surface area contributed by atoms with Crippen LogP contribution in [0.5, 0.6) is 5.75 Å². The zero-order valence-electron chi connectivity index (χ0n) is 18.2. The van der Waals surface area contributed by atoms with E-state index in [4.69, 9.17) is 9.47 Å². The fraction of sp³-hybridized carbons (Fsp3) is 0.682. The monoisotopic (exact) mass is 406 g/mol. The second kappa shape index (κ2) is 12.7. The van der Waals surface area contributed by atoms with Crippen LogP contribution in [0.4, 0.5) is 0 Å². The van der Waals surface area contributed by atoms with Gasteiger partial charge in [-0.2, -0.15) is 0 Å². The number of benzene rings is 1. The van der Waals surface area contributed by atoms with Crippen LogP contribution in [0.1, 0.15) is 32.8 Å². The fourth-order valence-corrected chi connectivity index (χ4v) is 3.22. The Morgan fingerprint density at radius 1 is 1.28 bits per heavy atom. The van der Waals surface area contributed by atoms with Crippen molar-refractivity contribution in [2.75, 3.05) is 59.1 Å². The maximum Gasteiger partial charge on any atom is 0.191 e. The Balaban J connectivity index is 1.82. The third-order valence-electron chi connectivity index (χ3n) is 4.67. The minimum Gasteiger partial charge on any atom is -0.494 e. The predicted octanol–water partition coefficient (Wildman–Crippen LogP) is 1.66. The molecule has 0 aliphatic carbocycles. The number of β-amino-alcohol motifs (C(OH)–C–C–N with tert-alkyl or cyclic N) is 1. The van der Waals surface area contributed by atoms with Crippen LogP contribution in [-0.4, -0.2) is 80.7 Å². The van der Waals surface area contributed by atoms with Crippen LogP contribution >= 0.6 is 0 Å². The van der Waals surface area contributed by atoms with Gasteiger partial charge in [0.2, 0.25) is 0 Å². The molecule has 1 aromatic carbocycles. The van der Waals surface area contributed by atoms with Crippen LogP contribution in [-0.2, 0) is 11.2 Å². The quantitative estimate of drug-likeness (QED) is 0.383. The Morgan fingerprint density at radius 2 is 2.07 bits per heavy atom. The summed E-state index contributed by atoms with van der Waals surface area (Å²) in [6, 6.07) is 8.23. The zero-order chi connectivity index (χ0) is 21.0. The number of hydrogen-bond donors (Lipinski definition) is 3. The van der Waals surface area contributed by atoms with Crippen molar-refractivity contribution in [1.82, 2.24) is 15.5 Å². The van der Waals surface area contributed by atoms with Crippen LogP contribution in [0.25, 0.3) is 0 Å². The molecule has 0 bridgehead atoms. The predicted molar refractivity (Wildman–Crippen MR) is 118 cm³/mol. The average molecular weight is 407 g/mol. The SMILES string of the molecule is CCCOc1cccc(CCNC(=NCC(C)(O)CN2CCOCC2)NCC)c1. The highest BCUT2D eigenvalue weighted by molar-refractivity contribution is 5.79. The number of aliphatic imine (C=N–C) groups is 1. The number of hydrogen-bond acceptors (Lipinski definition) is 5. The Hall–Kier alpha value is -1.83. The lowest BCUT2D eigenvalue weighted by molar-refractivity contribution is -0.0179. The third-order valence-corrected chi connectivity index (χ3v) is 4.67. The normalized spacial score (nSPS) is 17.6. The van der Waals surface area contributed by atoms with Gasteiger partial charge in [0.05, 0.1) is 32.0 Å². The standard InChI is InChI=1S/C22H38N4O3/c1-4-13-29-20-8-6-7-19(16-20)9-10-24-21(23-5-2)25-17-22(3,27)18-26-11-14-28-15-12-26/h6-8,16,27H,4-5,9-15,17-18H2,1-3H3,(H2,23,24,25). The Morgan fingerprint density at radius 3 is 2.79 bits per heavy atom. The molecule has 1 aliphatic rings. The lowest BCUT2D eigenvalue weighted by Crippen LogP contribution is -2.48. The number of morpholine rings is 1. The largest absolute Gasteiger partial charge is 0.494 e. The maximum absolute atomic E-state index is 10.7. The van der Waals surface area contributed by atoms with Crippen molar-refractivity contribution in [3.05, 3.63) is 29.8 Å². The zero-order valence-corrected chi connectivity index (χ0v) is 18.2. The van der Waals surface area contributed by atoms with E-state index in [0.29, 0.717) is 13.1 Å². The van der Waals surface area contributed by atoms with Gasteiger partial charge >= 0.3 is 0 Å². The van der Waals surface area contributed by atoms with Gasteiger partial charge in [0.15, 0.2) is 5.96 Å². The number of ether oxygens (including phenoxy) is 2. The summed E-state index contributed by atoms with van der Waals surface area (Å²) in [6.45, 7) is 12.4. The molecular weight excluding hydrogens is 368 g/mol. The van der Waals surface area contributed by atoms with Crippen molar-refractivity contribution in [1.29, 1.82) is 0 Å². The maximum atomic E-state index is 10.7. The molecule has 1 heterocycles. The van der Waals surface area contributed by atoms with E-state index in [1.165, 1.54) is 5.56 Å². The first-order valence-corrected chi connectivity index (χ1v) is 10.8. The van der Waals surface area contributed by atoms with Crippen LogP contribution < -0.4 is 15.4 Å². The molecule has 7 heteroatoms. The summed E-state index contributed by atoms with van der Waals surface area (Å²) < 4.78 is 11.1. The molecule has 2 rings (SSSR count). The molecular formula is C22H38N4O3. The Kier molecular flexibility index (Phi) is 10.2. The van der Waals surface area contributed by atoms with Gasteiger partial charge in [-0.15, -0.1) is 0 Å². The van der Waals surface area contributed by atoms with E-state index in [2.05, 4.69) is 39.6 Å². The van der Waals surface area contributed by atoms with Gasteiger partial charge < -0.3 is 25.2 Å². The average Bonchev–Trinajstić information content (AvgIpc) is 2.71. The van der Waals surface area contributed by atoms with Crippen LogP contribution in [0.2, 0.25) is 0 Å². The number of guanidine groups is 1. The second-order valence-corrected chi connectivity index (χ2v) is 7.75. The molecule has 1 aromatic rings. The minimum atomic E-state index is -0.870. The molecule has 3 N–H and O–H groups in total. The molecule has 0 saturated carbocycles. The highest BCUT2D eigenvalue weighted by Crippen LogP contribution is 2.14. The highest BCUT2D eigenvalue weighted by atomic mass is 16.5. The number of aliphatic hydroxyl groups is 1. The molecule has 1 aliphatic heterocycles. The molecule has 29 heavy (non-hydrogen) atoms. The van der Waals surface area contributed by atoms with Crippen molar-refractivity contribution < 1.29 is 14.6 Å². The molecule has 1 fully saturated rings. The van der Waals surface area contributed by atoms with E-state index in [1.54, 1.807) is 0 Å². The Labute approximate surface area is 175 Å². The third kappa shape index (κ3) is 9.47. The van der Waals surface area contributed by atoms with Gasteiger partial charge in [0, 0.05) is 32.7 Å². The summed E-state index contributed by atoms with van der Waals surface area (Å²) in [6.07, 6.45) is 1.88. The van der Waals surface area contributed by atoms with Crippen LogP contribution in [0.15, 0.2) is 29.3 Å². The lowest BCUT2D eigenvalue weighted by Gasteiger charge is -2.33. The Bertz CT molecular complexity index is 616. The summed E-state index contributed by atoms with van der Waals surface area (Å²) in [4.78, 5) is 6.83. The van der Waals surface area contributed by atoms with Gasteiger partial charge in [0.25, 0.3) is 0 Å². The van der Waals surface area contributed by atoms with Crippen molar-refractivity contribution in [3.63, 3.8) is 0 Å². The van der Waals surface area contributed by atoms with Gasteiger partial charge in [-0.25, -0.2) is 0 Å². The van der Waals surface area contributed by atoms with E-state index in [1.807, 2.05) is 26.0 Å². The number of nitrogens with one attached hydrogen (secondary N) is 2. The summed E-state index contributed by atoms with van der Waals surface area (Å²) in [5.41, 5.74) is 0.353. The van der Waals surface area contributed by atoms with E-state index in [0.717, 1.165) is 70.6 Å². The summed E-state index contributed by atoms with van der Waals surface area (Å²) in [7, 11) is 0. The minimum absolute atomic E-state index is 0.347. The molecule has 0 amide bonds. The highest BCUT2D eigenvalue weighted by Gasteiger charge is 2.25. The van der Waals surface area contributed by atoms with Crippen LogP contribution in [0.3, 0.4) is 0 Å². The van der Waals surface area contributed by atoms with Crippen molar-refractivity contribution in [3.8, 4) is 5.75 Å². The van der Waals surface area contributed by atoms with E-state index in [-0.39, 0.29) is 0 Å². The molecule has 7 nitrogen and oxygen atoms in total. The number of rotatable bonds is 11. The first kappa shape index (κ1) is 23.4. The van der Waals surface area contributed by atoms with Gasteiger partial charge in [0.1, 0.15) is 5.75 Å². The molecule has 1 saturated heterocycles. The number of nitrogens with zero attached hydrogens (tertiary/aromatic N) is 2. The smallest absolute Gasteiger partial charge is 0.191 e. The molecule has 0 radical (unpaired) electrons. The molecule has 0 spiro atoms. The lowest BCUT2D eigenvalue weighted by atomic mass is 10.1. The molecule has 0 aromatic heterocycles.